The summed E-state index contributed by atoms with van der Waals surface area (Å²) >= 11 is 0. The molecule has 0 aromatic heterocycles. The lowest BCUT2D eigenvalue weighted by Crippen LogP contribution is -2.35. The third kappa shape index (κ3) is 5.78. The zero-order valence-corrected chi connectivity index (χ0v) is 23.7. The molecular weight excluding hydrogens is 530 g/mol. The summed E-state index contributed by atoms with van der Waals surface area (Å²) in [5.41, 5.74) is 7.01. The lowest BCUT2D eigenvalue weighted by molar-refractivity contribution is -0.136. The van der Waals surface area contributed by atoms with Gasteiger partial charge in [-0.2, -0.15) is 0 Å². The van der Waals surface area contributed by atoms with E-state index < -0.39 is 12.5 Å². The predicted octanol–water partition coefficient (Wildman–Crippen LogP) is 6.00. The van der Waals surface area contributed by atoms with Crippen LogP contribution in [-0.4, -0.2) is 41.9 Å². The third-order valence-corrected chi connectivity index (χ3v) is 7.49. The van der Waals surface area contributed by atoms with Gasteiger partial charge in [0.05, 0.1) is 11.4 Å². The van der Waals surface area contributed by atoms with Crippen LogP contribution in [0.1, 0.15) is 43.8 Å². The normalized spacial score (nSPS) is 12.9. The number of carbonyl (C=O) groups is 4. The molecule has 4 aromatic rings. The SMILES string of the molecule is Cc1ccc(-c2ccccc2C(=O)Nc2ccc(C(=O)N3CCC(=O)N(CC(=O)O)c4cc(C)c(C)cc43)cc2)cc1. The molecule has 212 valence electrons. The predicted molar refractivity (Wildman–Crippen MR) is 163 cm³/mol. The first-order chi connectivity index (χ1) is 20.1. The molecule has 0 saturated carbocycles. The Kier molecular flexibility index (Phi) is 7.88. The number of hydrogen-bond donors (Lipinski definition) is 2. The second-order valence-electron chi connectivity index (χ2n) is 10.4. The summed E-state index contributed by atoms with van der Waals surface area (Å²) in [7, 11) is 0. The molecular formula is C34H31N3O5. The minimum absolute atomic E-state index is 0.0136. The van der Waals surface area contributed by atoms with Crippen LogP contribution in [0.5, 0.6) is 0 Å². The first-order valence-electron chi connectivity index (χ1n) is 13.6. The van der Waals surface area contributed by atoms with Gasteiger partial charge in [-0.15, -0.1) is 0 Å². The molecule has 0 atom stereocenters. The molecule has 8 nitrogen and oxygen atoms in total. The number of amides is 3. The van der Waals surface area contributed by atoms with E-state index in [1.165, 1.54) is 9.80 Å². The minimum Gasteiger partial charge on any atom is -0.480 e. The van der Waals surface area contributed by atoms with Crippen molar-refractivity contribution in [1.29, 1.82) is 0 Å². The third-order valence-electron chi connectivity index (χ3n) is 7.49. The second kappa shape index (κ2) is 11.7. The van der Waals surface area contributed by atoms with Gasteiger partial charge in [-0.05, 0) is 85.5 Å². The van der Waals surface area contributed by atoms with E-state index in [1.807, 2.05) is 69.3 Å². The van der Waals surface area contributed by atoms with Gasteiger partial charge >= 0.3 is 5.97 Å². The molecule has 0 unspecified atom stereocenters. The highest BCUT2D eigenvalue weighted by molar-refractivity contribution is 6.12. The number of anilines is 3. The van der Waals surface area contributed by atoms with Gasteiger partial charge < -0.3 is 15.3 Å². The number of carboxylic acid groups (broad SMARTS) is 1. The largest absolute Gasteiger partial charge is 0.480 e. The highest BCUT2D eigenvalue weighted by atomic mass is 16.4. The summed E-state index contributed by atoms with van der Waals surface area (Å²) < 4.78 is 0. The maximum Gasteiger partial charge on any atom is 0.323 e. The van der Waals surface area contributed by atoms with Crippen LogP contribution >= 0.6 is 0 Å². The number of hydrogen-bond acceptors (Lipinski definition) is 4. The van der Waals surface area contributed by atoms with Crippen LogP contribution in [0.25, 0.3) is 11.1 Å². The van der Waals surface area contributed by atoms with Crippen LogP contribution in [0.3, 0.4) is 0 Å². The van der Waals surface area contributed by atoms with E-state index in [0.29, 0.717) is 28.2 Å². The smallest absolute Gasteiger partial charge is 0.323 e. The number of carbonyl (C=O) groups excluding carboxylic acids is 3. The molecule has 42 heavy (non-hydrogen) atoms. The fourth-order valence-corrected chi connectivity index (χ4v) is 5.05. The van der Waals surface area contributed by atoms with Gasteiger partial charge in [0.15, 0.2) is 0 Å². The maximum absolute atomic E-state index is 13.7. The van der Waals surface area contributed by atoms with Crippen molar-refractivity contribution in [2.75, 3.05) is 28.2 Å². The Hall–Kier alpha value is -5.24. The molecule has 0 radical (unpaired) electrons. The zero-order chi connectivity index (χ0) is 30.0. The minimum atomic E-state index is -1.13. The Morgan fingerprint density at radius 1 is 0.833 bits per heavy atom. The molecule has 0 saturated heterocycles. The Balaban J connectivity index is 1.39. The molecule has 1 aliphatic rings. The molecule has 1 aliphatic heterocycles. The standard InChI is InChI=1S/C34H31N3O5/c1-21-8-10-24(11-9-21)27-6-4-5-7-28(27)33(41)35-26-14-12-25(13-15-26)34(42)36-17-16-31(38)37(20-32(39)40)30-19-23(3)22(2)18-29(30)36/h4-15,18-19H,16-17,20H2,1-3H3,(H,35,41)(H,39,40). The summed E-state index contributed by atoms with van der Waals surface area (Å²) in [5.74, 6) is -2.09. The molecule has 0 aliphatic carbocycles. The van der Waals surface area contributed by atoms with Crippen molar-refractivity contribution in [3.05, 3.63) is 113 Å². The number of nitrogens with zero attached hydrogens (tertiary/aromatic N) is 2. The average Bonchev–Trinajstić information content (AvgIpc) is 3.09. The quantitative estimate of drug-likeness (QED) is 0.300. The molecule has 5 rings (SSSR count). The van der Waals surface area contributed by atoms with E-state index in [0.717, 1.165) is 27.8 Å². The van der Waals surface area contributed by atoms with Gasteiger partial charge in [0.25, 0.3) is 11.8 Å². The van der Waals surface area contributed by atoms with E-state index in [2.05, 4.69) is 5.32 Å². The topological polar surface area (TPSA) is 107 Å². The highest BCUT2D eigenvalue weighted by Crippen LogP contribution is 2.36. The summed E-state index contributed by atoms with van der Waals surface area (Å²) in [5, 5.41) is 12.3. The molecule has 3 amide bonds. The maximum atomic E-state index is 13.7. The van der Waals surface area contributed by atoms with E-state index in [4.69, 9.17) is 0 Å². The van der Waals surface area contributed by atoms with Crippen LogP contribution in [0, 0.1) is 20.8 Å². The van der Waals surface area contributed by atoms with Crippen molar-refractivity contribution in [2.45, 2.75) is 27.2 Å². The van der Waals surface area contributed by atoms with Crippen LogP contribution < -0.4 is 15.1 Å². The second-order valence-corrected chi connectivity index (χ2v) is 10.4. The molecule has 2 N–H and O–H groups in total. The Labute approximate surface area is 244 Å². The van der Waals surface area contributed by atoms with E-state index in [9.17, 15) is 24.3 Å². The lowest BCUT2D eigenvalue weighted by atomic mass is 9.98. The number of nitrogens with one attached hydrogen (secondary N) is 1. The molecule has 4 aromatic carbocycles. The van der Waals surface area contributed by atoms with Crippen molar-refractivity contribution in [1.82, 2.24) is 0 Å². The fraction of sp³-hybridized carbons (Fsp3) is 0.176. The van der Waals surface area contributed by atoms with E-state index in [1.54, 1.807) is 36.4 Å². The van der Waals surface area contributed by atoms with Crippen LogP contribution in [-0.2, 0) is 9.59 Å². The molecule has 1 heterocycles. The van der Waals surface area contributed by atoms with Gasteiger partial charge in [-0.1, -0.05) is 48.0 Å². The van der Waals surface area contributed by atoms with Crippen molar-refractivity contribution in [2.24, 2.45) is 0 Å². The van der Waals surface area contributed by atoms with Gasteiger partial charge in [0.2, 0.25) is 5.91 Å². The molecule has 0 fully saturated rings. The van der Waals surface area contributed by atoms with Crippen molar-refractivity contribution < 1.29 is 24.3 Å². The monoisotopic (exact) mass is 561 g/mol. The number of fused-ring (bicyclic) bond motifs is 1. The lowest BCUT2D eigenvalue weighted by Gasteiger charge is -2.26. The summed E-state index contributed by atoms with van der Waals surface area (Å²) in [4.78, 5) is 54.1. The number of rotatable bonds is 6. The number of benzene rings is 4. The molecule has 0 bridgehead atoms. The number of aryl methyl sites for hydroxylation is 3. The molecule has 8 heteroatoms. The first kappa shape index (κ1) is 28.3. The average molecular weight is 562 g/mol. The van der Waals surface area contributed by atoms with Gasteiger partial charge in [-0.3, -0.25) is 24.1 Å². The van der Waals surface area contributed by atoms with Gasteiger partial charge in [0, 0.05) is 29.8 Å². The van der Waals surface area contributed by atoms with Gasteiger partial charge in [-0.25, -0.2) is 0 Å². The fourth-order valence-electron chi connectivity index (χ4n) is 5.05. The Morgan fingerprint density at radius 2 is 1.48 bits per heavy atom. The Morgan fingerprint density at radius 3 is 2.14 bits per heavy atom. The van der Waals surface area contributed by atoms with Crippen LogP contribution in [0.2, 0.25) is 0 Å². The Bertz CT molecular complexity index is 1690. The van der Waals surface area contributed by atoms with Gasteiger partial charge in [0.1, 0.15) is 6.54 Å². The van der Waals surface area contributed by atoms with Crippen LogP contribution in [0.4, 0.5) is 17.1 Å². The van der Waals surface area contributed by atoms with E-state index in [-0.39, 0.29) is 30.7 Å². The molecule has 0 spiro atoms. The zero-order valence-electron chi connectivity index (χ0n) is 23.7. The van der Waals surface area contributed by atoms with Crippen molar-refractivity contribution in [3.63, 3.8) is 0 Å². The summed E-state index contributed by atoms with van der Waals surface area (Å²) in [6, 6.07) is 25.5. The summed E-state index contributed by atoms with van der Waals surface area (Å²) in [6.45, 7) is 5.41. The highest BCUT2D eigenvalue weighted by Gasteiger charge is 2.31. The van der Waals surface area contributed by atoms with Crippen molar-refractivity contribution in [3.8, 4) is 11.1 Å². The van der Waals surface area contributed by atoms with Crippen molar-refractivity contribution >= 4 is 40.8 Å². The summed E-state index contributed by atoms with van der Waals surface area (Å²) in [6.07, 6.45) is -0.0136. The number of aliphatic carboxylic acids is 1. The number of carboxylic acids is 1. The van der Waals surface area contributed by atoms with E-state index >= 15 is 0 Å². The van der Waals surface area contributed by atoms with Crippen LogP contribution in [0.15, 0.2) is 84.9 Å². The first-order valence-corrected chi connectivity index (χ1v) is 13.6.